The number of hydrogen-bond donors (Lipinski definition) is 0. The molecule has 0 aliphatic carbocycles. The zero-order chi connectivity index (χ0) is 18.6. The number of carbonyl (C=O) groups is 1. The van der Waals surface area contributed by atoms with Crippen molar-refractivity contribution in [2.75, 3.05) is 26.8 Å². The molecule has 1 saturated heterocycles. The monoisotopic (exact) mass is 366 g/mol. The first kappa shape index (κ1) is 17.4. The van der Waals surface area contributed by atoms with E-state index in [1.54, 1.807) is 19.2 Å². The van der Waals surface area contributed by atoms with E-state index in [1.165, 1.54) is 0 Å². The predicted octanol–water partition coefficient (Wildman–Crippen LogP) is 3.62. The number of hydrogen-bond acceptors (Lipinski definition) is 5. The number of amides is 1. The fourth-order valence-electron chi connectivity index (χ4n) is 3.35. The van der Waals surface area contributed by atoms with Gasteiger partial charge in [-0.3, -0.25) is 4.79 Å². The summed E-state index contributed by atoms with van der Waals surface area (Å²) in [6.07, 6.45) is 1.70. The average Bonchev–Trinajstić information content (AvgIpc) is 3.17. The van der Waals surface area contributed by atoms with Gasteiger partial charge in [0.25, 0.3) is 5.91 Å². The SMILES string of the molecule is COc1ccc(OCC(=O)N2CCC(c3nc4ccccc4o3)CC2)cc1. The van der Waals surface area contributed by atoms with Crippen LogP contribution in [0.1, 0.15) is 24.7 Å². The molecule has 0 N–H and O–H groups in total. The lowest BCUT2D eigenvalue weighted by Gasteiger charge is -2.30. The van der Waals surface area contributed by atoms with Gasteiger partial charge in [-0.05, 0) is 49.2 Å². The van der Waals surface area contributed by atoms with Crippen LogP contribution in [0.15, 0.2) is 52.9 Å². The molecule has 4 rings (SSSR count). The van der Waals surface area contributed by atoms with Gasteiger partial charge in [0.15, 0.2) is 18.1 Å². The van der Waals surface area contributed by atoms with Crippen molar-refractivity contribution < 1.29 is 18.7 Å². The number of aromatic nitrogens is 1. The minimum Gasteiger partial charge on any atom is -0.497 e. The van der Waals surface area contributed by atoms with Crippen LogP contribution in [0.3, 0.4) is 0 Å². The van der Waals surface area contributed by atoms with Gasteiger partial charge in [-0.1, -0.05) is 12.1 Å². The highest BCUT2D eigenvalue weighted by Gasteiger charge is 2.27. The van der Waals surface area contributed by atoms with Gasteiger partial charge in [0.05, 0.1) is 7.11 Å². The van der Waals surface area contributed by atoms with Gasteiger partial charge in [0.2, 0.25) is 0 Å². The topological polar surface area (TPSA) is 64.8 Å². The Morgan fingerprint density at radius 3 is 2.52 bits per heavy atom. The second-order valence-electron chi connectivity index (χ2n) is 6.64. The van der Waals surface area contributed by atoms with Gasteiger partial charge in [-0.2, -0.15) is 0 Å². The average molecular weight is 366 g/mol. The number of ether oxygens (including phenoxy) is 2. The number of oxazole rings is 1. The van der Waals surface area contributed by atoms with E-state index in [-0.39, 0.29) is 18.4 Å². The van der Waals surface area contributed by atoms with E-state index in [2.05, 4.69) is 4.98 Å². The fourth-order valence-corrected chi connectivity index (χ4v) is 3.35. The van der Waals surface area contributed by atoms with Crippen LogP contribution in [-0.4, -0.2) is 42.6 Å². The van der Waals surface area contributed by atoms with Crippen molar-refractivity contribution in [3.05, 3.63) is 54.4 Å². The molecule has 1 amide bonds. The molecular weight excluding hydrogens is 344 g/mol. The summed E-state index contributed by atoms with van der Waals surface area (Å²) in [5, 5.41) is 0. The van der Waals surface area contributed by atoms with Crippen LogP contribution in [0.5, 0.6) is 11.5 Å². The van der Waals surface area contributed by atoms with Crippen molar-refractivity contribution in [2.45, 2.75) is 18.8 Å². The fraction of sp³-hybridized carbons (Fsp3) is 0.333. The zero-order valence-corrected chi connectivity index (χ0v) is 15.3. The molecule has 140 valence electrons. The van der Waals surface area contributed by atoms with E-state index in [4.69, 9.17) is 13.9 Å². The maximum Gasteiger partial charge on any atom is 0.260 e. The summed E-state index contributed by atoms with van der Waals surface area (Å²) in [5.41, 5.74) is 1.71. The van der Waals surface area contributed by atoms with Crippen LogP contribution >= 0.6 is 0 Å². The summed E-state index contributed by atoms with van der Waals surface area (Å²) >= 11 is 0. The first-order valence-corrected chi connectivity index (χ1v) is 9.13. The lowest BCUT2D eigenvalue weighted by atomic mass is 9.97. The number of methoxy groups -OCH3 is 1. The minimum atomic E-state index is 0.00170. The second kappa shape index (κ2) is 7.70. The molecule has 3 aromatic rings. The molecule has 0 spiro atoms. The summed E-state index contributed by atoms with van der Waals surface area (Å²) in [7, 11) is 1.61. The Kier molecular flexibility index (Phi) is 4.96. The third-order valence-corrected chi connectivity index (χ3v) is 4.93. The van der Waals surface area contributed by atoms with E-state index >= 15 is 0 Å². The zero-order valence-electron chi connectivity index (χ0n) is 15.3. The van der Waals surface area contributed by atoms with Gasteiger partial charge < -0.3 is 18.8 Å². The Balaban J connectivity index is 1.29. The van der Waals surface area contributed by atoms with Crippen LogP contribution in [0.4, 0.5) is 0 Å². The molecule has 27 heavy (non-hydrogen) atoms. The Morgan fingerprint density at radius 2 is 1.81 bits per heavy atom. The lowest BCUT2D eigenvalue weighted by molar-refractivity contribution is -0.134. The van der Waals surface area contributed by atoms with Crippen molar-refractivity contribution in [1.29, 1.82) is 0 Å². The van der Waals surface area contributed by atoms with Crippen molar-refractivity contribution in [3.63, 3.8) is 0 Å². The molecule has 2 heterocycles. The normalized spacial score (nSPS) is 15.1. The highest BCUT2D eigenvalue weighted by molar-refractivity contribution is 5.78. The Labute approximate surface area is 157 Å². The van der Waals surface area contributed by atoms with Crippen LogP contribution in [0.25, 0.3) is 11.1 Å². The summed E-state index contributed by atoms with van der Waals surface area (Å²) in [5.74, 6) is 2.45. The predicted molar refractivity (Wildman–Crippen MR) is 101 cm³/mol. The van der Waals surface area contributed by atoms with Crippen LogP contribution in [-0.2, 0) is 4.79 Å². The lowest BCUT2D eigenvalue weighted by Crippen LogP contribution is -2.40. The van der Waals surface area contributed by atoms with Crippen LogP contribution in [0.2, 0.25) is 0 Å². The molecule has 0 unspecified atom stereocenters. The second-order valence-corrected chi connectivity index (χ2v) is 6.64. The number of carbonyl (C=O) groups excluding carboxylic acids is 1. The first-order valence-electron chi connectivity index (χ1n) is 9.13. The molecule has 1 fully saturated rings. The number of likely N-dealkylation sites (tertiary alicyclic amines) is 1. The van der Waals surface area contributed by atoms with E-state index in [1.807, 2.05) is 41.3 Å². The Morgan fingerprint density at radius 1 is 1.11 bits per heavy atom. The smallest absolute Gasteiger partial charge is 0.260 e. The Hall–Kier alpha value is -3.02. The minimum absolute atomic E-state index is 0.00170. The Bertz CT molecular complexity index is 878. The van der Waals surface area contributed by atoms with E-state index in [9.17, 15) is 4.79 Å². The van der Waals surface area contributed by atoms with E-state index < -0.39 is 0 Å². The largest absolute Gasteiger partial charge is 0.497 e. The summed E-state index contributed by atoms with van der Waals surface area (Å²) < 4.78 is 16.6. The third kappa shape index (κ3) is 3.89. The third-order valence-electron chi connectivity index (χ3n) is 4.93. The number of piperidine rings is 1. The highest BCUT2D eigenvalue weighted by Crippen LogP contribution is 2.30. The van der Waals surface area contributed by atoms with E-state index in [0.717, 1.165) is 35.6 Å². The van der Waals surface area contributed by atoms with Crippen molar-refractivity contribution >= 4 is 17.0 Å². The van der Waals surface area contributed by atoms with Gasteiger partial charge in [0, 0.05) is 19.0 Å². The molecule has 0 saturated carbocycles. The van der Waals surface area contributed by atoms with Crippen LogP contribution in [0, 0.1) is 0 Å². The van der Waals surface area contributed by atoms with Gasteiger partial charge in [-0.25, -0.2) is 4.98 Å². The van der Waals surface area contributed by atoms with Crippen molar-refractivity contribution in [1.82, 2.24) is 9.88 Å². The van der Waals surface area contributed by atoms with Crippen molar-refractivity contribution in [3.8, 4) is 11.5 Å². The number of fused-ring (bicyclic) bond motifs is 1. The molecule has 6 nitrogen and oxygen atoms in total. The number of rotatable bonds is 5. The van der Waals surface area contributed by atoms with Gasteiger partial charge in [-0.15, -0.1) is 0 Å². The first-order chi connectivity index (χ1) is 13.2. The number of benzene rings is 2. The highest BCUT2D eigenvalue weighted by atomic mass is 16.5. The van der Waals surface area contributed by atoms with Gasteiger partial charge in [0.1, 0.15) is 17.0 Å². The quantitative estimate of drug-likeness (QED) is 0.690. The maximum atomic E-state index is 12.4. The molecule has 2 aromatic carbocycles. The van der Waals surface area contributed by atoms with Crippen molar-refractivity contribution in [2.24, 2.45) is 0 Å². The molecule has 0 atom stereocenters. The summed E-state index contributed by atoms with van der Waals surface area (Å²) in [6, 6.07) is 15.0. The number of para-hydroxylation sites is 2. The molecule has 0 bridgehead atoms. The maximum absolute atomic E-state index is 12.4. The van der Waals surface area contributed by atoms with E-state index in [0.29, 0.717) is 18.8 Å². The molecule has 1 aliphatic rings. The molecular formula is C21H22N2O4. The molecule has 1 aliphatic heterocycles. The number of nitrogens with zero attached hydrogens (tertiary/aromatic N) is 2. The molecule has 0 radical (unpaired) electrons. The van der Waals surface area contributed by atoms with Crippen LogP contribution < -0.4 is 9.47 Å². The summed E-state index contributed by atoms with van der Waals surface area (Å²) in [6.45, 7) is 1.42. The molecule has 1 aromatic heterocycles. The molecule has 6 heteroatoms. The summed E-state index contributed by atoms with van der Waals surface area (Å²) in [4.78, 5) is 18.9. The standard InChI is InChI=1S/C21H22N2O4/c1-25-16-6-8-17(9-7-16)26-14-20(24)23-12-10-15(11-13-23)21-22-18-4-2-3-5-19(18)27-21/h2-9,15H,10-14H2,1H3. The van der Waals surface area contributed by atoms with Gasteiger partial charge >= 0.3 is 0 Å².